The number of nitrogens with two attached hydrogens (primary N) is 1. The van der Waals surface area contributed by atoms with E-state index in [-0.39, 0.29) is 10.0 Å². The van der Waals surface area contributed by atoms with E-state index in [1.54, 1.807) is 0 Å². The fourth-order valence-electron chi connectivity index (χ4n) is 1.15. The van der Waals surface area contributed by atoms with E-state index in [2.05, 4.69) is 15.9 Å². The molecule has 1 aromatic rings. The van der Waals surface area contributed by atoms with E-state index in [0.717, 1.165) is 12.1 Å². The zero-order valence-corrected chi connectivity index (χ0v) is 9.39. The van der Waals surface area contributed by atoms with Crippen molar-refractivity contribution in [2.45, 2.75) is 18.3 Å². The molecule has 0 unspecified atom stereocenters. The summed E-state index contributed by atoms with van der Waals surface area (Å²) in [5.41, 5.74) is 5.08. The highest BCUT2D eigenvalue weighted by atomic mass is 79.9. The molecule has 0 aliphatic heterocycles. The van der Waals surface area contributed by atoms with Crippen molar-refractivity contribution in [3.8, 4) is 0 Å². The van der Waals surface area contributed by atoms with Gasteiger partial charge in [-0.05, 0) is 23.8 Å². The Morgan fingerprint density at radius 3 is 2.25 bits per heavy atom. The van der Waals surface area contributed by atoms with Crippen LogP contribution in [0.4, 0.5) is 17.6 Å². The maximum Gasteiger partial charge on any atom is 0.416 e. The Morgan fingerprint density at radius 2 is 1.81 bits per heavy atom. The van der Waals surface area contributed by atoms with Crippen molar-refractivity contribution in [1.82, 2.24) is 0 Å². The first-order valence-electron chi connectivity index (χ1n) is 4.18. The number of aliphatic hydroxyl groups excluding tert-OH is 1. The molecule has 0 amide bonds. The summed E-state index contributed by atoms with van der Waals surface area (Å²) < 4.78 is 49.6. The molecule has 0 radical (unpaired) electrons. The summed E-state index contributed by atoms with van der Waals surface area (Å²) in [5.74, 6) is -0.728. The molecule has 1 rings (SSSR count). The first-order chi connectivity index (χ1) is 7.21. The second-order valence-corrected chi connectivity index (χ2v) is 4.13. The van der Waals surface area contributed by atoms with Crippen LogP contribution in [0, 0.1) is 5.82 Å². The van der Waals surface area contributed by atoms with Gasteiger partial charge in [-0.1, -0.05) is 15.9 Å². The molecule has 3 N–H and O–H groups in total. The molecule has 0 saturated heterocycles. The van der Waals surface area contributed by atoms with Gasteiger partial charge in [-0.25, -0.2) is 4.39 Å². The molecule has 16 heavy (non-hydrogen) atoms. The van der Waals surface area contributed by atoms with Gasteiger partial charge in [0.2, 0.25) is 0 Å². The third-order valence-corrected chi connectivity index (χ3v) is 2.40. The Balaban J connectivity index is 3.00. The molecule has 0 aromatic heterocycles. The molecule has 0 bridgehead atoms. The molecule has 1 aromatic carbocycles. The third-order valence-electron chi connectivity index (χ3n) is 1.95. The molecular weight excluding hydrogens is 294 g/mol. The lowest BCUT2D eigenvalue weighted by molar-refractivity contribution is -0.210. The summed E-state index contributed by atoms with van der Waals surface area (Å²) in [6, 6.07) is 1.44. The first-order valence-corrected chi connectivity index (χ1v) is 4.97. The highest BCUT2D eigenvalue weighted by Gasteiger charge is 2.42. The number of hydrogen-bond acceptors (Lipinski definition) is 2. The molecule has 0 saturated carbocycles. The second kappa shape index (κ2) is 4.68. The molecule has 0 heterocycles. The van der Waals surface area contributed by atoms with Crippen LogP contribution >= 0.6 is 15.9 Å². The van der Waals surface area contributed by atoms with Crippen molar-refractivity contribution in [2.75, 3.05) is 0 Å². The van der Waals surface area contributed by atoms with Gasteiger partial charge in [-0.15, -0.1) is 0 Å². The van der Waals surface area contributed by atoms with Crippen LogP contribution in [0.15, 0.2) is 22.7 Å². The highest BCUT2D eigenvalue weighted by Crippen LogP contribution is 2.30. The summed E-state index contributed by atoms with van der Waals surface area (Å²) >= 11 is 2.92. The Labute approximate surface area is 97.2 Å². The van der Waals surface area contributed by atoms with Crippen LogP contribution in [0.5, 0.6) is 0 Å². The topological polar surface area (TPSA) is 46.2 Å². The van der Waals surface area contributed by atoms with E-state index in [9.17, 15) is 17.6 Å². The quantitative estimate of drug-likeness (QED) is 0.825. The summed E-state index contributed by atoms with van der Waals surface area (Å²) in [5, 5.41) is 8.90. The minimum atomic E-state index is -4.84. The third kappa shape index (κ3) is 3.16. The summed E-state index contributed by atoms with van der Waals surface area (Å²) in [4.78, 5) is 0. The van der Waals surface area contributed by atoms with Crippen molar-refractivity contribution < 1.29 is 22.7 Å². The van der Waals surface area contributed by atoms with Gasteiger partial charge in [0.1, 0.15) is 5.82 Å². The number of alkyl halides is 3. The number of benzene rings is 1. The van der Waals surface area contributed by atoms with Crippen LogP contribution in [-0.4, -0.2) is 17.4 Å². The predicted octanol–water partition coefficient (Wildman–Crippen LogP) is 2.51. The molecule has 7 heteroatoms. The normalized spacial score (nSPS) is 15.9. The fraction of sp³-hybridized carbons (Fsp3) is 0.333. The SMILES string of the molecule is N[C@@H](c1cc(F)cc(Br)c1)[C@H](O)C(F)(F)F. The van der Waals surface area contributed by atoms with Gasteiger partial charge in [0.25, 0.3) is 0 Å². The molecule has 90 valence electrons. The fourth-order valence-corrected chi connectivity index (χ4v) is 1.64. The summed E-state index contributed by atoms with van der Waals surface area (Å²) in [7, 11) is 0. The van der Waals surface area contributed by atoms with Crippen LogP contribution in [0.1, 0.15) is 11.6 Å². The molecule has 0 spiro atoms. The number of halogens is 5. The smallest absolute Gasteiger partial charge is 0.382 e. The standard InChI is InChI=1S/C9H8BrF4NO/c10-5-1-4(2-6(11)3-5)7(15)8(16)9(12,13)14/h1-3,7-8,16H,15H2/t7-,8-/m0/s1. The van der Waals surface area contributed by atoms with Gasteiger partial charge >= 0.3 is 6.18 Å². The van der Waals surface area contributed by atoms with Crippen LogP contribution in [0.2, 0.25) is 0 Å². The Kier molecular flexibility index (Phi) is 3.92. The lowest BCUT2D eigenvalue weighted by Crippen LogP contribution is -2.38. The average Bonchev–Trinajstić information content (AvgIpc) is 2.12. The zero-order chi connectivity index (χ0) is 12.5. The van der Waals surface area contributed by atoms with Crippen molar-refractivity contribution in [3.63, 3.8) is 0 Å². The van der Waals surface area contributed by atoms with Crippen molar-refractivity contribution in [1.29, 1.82) is 0 Å². The minimum absolute atomic E-state index is 0.128. The van der Waals surface area contributed by atoms with Crippen LogP contribution in [0.3, 0.4) is 0 Å². The lowest BCUT2D eigenvalue weighted by Gasteiger charge is -2.21. The van der Waals surface area contributed by atoms with E-state index in [0.29, 0.717) is 0 Å². The van der Waals surface area contributed by atoms with E-state index in [4.69, 9.17) is 10.8 Å². The first kappa shape index (κ1) is 13.4. The zero-order valence-electron chi connectivity index (χ0n) is 7.80. The predicted molar refractivity (Wildman–Crippen MR) is 53.1 cm³/mol. The van der Waals surface area contributed by atoms with Crippen molar-refractivity contribution >= 4 is 15.9 Å². The largest absolute Gasteiger partial charge is 0.416 e. The van der Waals surface area contributed by atoms with Crippen molar-refractivity contribution in [3.05, 3.63) is 34.1 Å². The molecule has 0 aliphatic carbocycles. The highest BCUT2D eigenvalue weighted by molar-refractivity contribution is 9.10. The Morgan fingerprint density at radius 1 is 1.25 bits per heavy atom. The number of hydrogen-bond donors (Lipinski definition) is 2. The monoisotopic (exact) mass is 301 g/mol. The molecule has 2 atom stereocenters. The Bertz CT molecular complexity index is 362. The molecule has 2 nitrogen and oxygen atoms in total. The van der Waals surface area contributed by atoms with Gasteiger partial charge in [-0.2, -0.15) is 13.2 Å². The van der Waals surface area contributed by atoms with Gasteiger partial charge in [-0.3, -0.25) is 0 Å². The van der Waals surface area contributed by atoms with Gasteiger partial charge in [0.05, 0.1) is 6.04 Å². The minimum Gasteiger partial charge on any atom is -0.382 e. The van der Waals surface area contributed by atoms with Crippen LogP contribution in [-0.2, 0) is 0 Å². The Hall–Kier alpha value is -0.660. The van der Waals surface area contributed by atoms with E-state index >= 15 is 0 Å². The summed E-state index contributed by atoms with van der Waals surface area (Å²) in [6.07, 6.45) is -7.56. The maximum atomic E-state index is 12.9. The lowest BCUT2D eigenvalue weighted by atomic mass is 10.0. The molecule has 0 fully saturated rings. The van der Waals surface area contributed by atoms with Gasteiger partial charge in [0, 0.05) is 4.47 Å². The van der Waals surface area contributed by atoms with Crippen LogP contribution < -0.4 is 5.73 Å². The second-order valence-electron chi connectivity index (χ2n) is 3.22. The van der Waals surface area contributed by atoms with Crippen molar-refractivity contribution in [2.24, 2.45) is 5.73 Å². The van der Waals surface area contributed by atoms with Crippen LogP contribution in [0.25, 0.3) is 0 Å². The van der Waals surface area contributed by atoms with E-state index < -0.39 is 24.1 Å². The van der Waals surface area contributed by atoms with Gasteiger partial charge in [0.15, 0.2) is 6.10 Å². The van der Waals surface area contributed by atoms with E-state index in [1.165, 1.54) is 6.07 Å². The number of aliphatic hydroxyl groups is 1. The summed E-state index contributed by atoms with van der Waals surface area (Å²) in [6.45, 7) is 0. The molecule has 0 aliphatic rings. The average molecular weight is 302 g/mol. The van der Waals surface area contributed by atoms with Gasteiger partial charge < -0.3 is 10.8 Å². The maximum absolute atomic E-state index is 12.9. The number of rotatable bonds is 2. The van der Waals surface area contributed by atoms with E-state index in [1.807, 2.05) is 0 Å². The molecular formula is C9H8BrF4NO.